The Morgan fingerprint density at radius 2 is 1.79 bits per heavy atom. The van der Waals surface area contributed by atoms with Crippen molar-refractivity contribution >= 4 is 40.1 Å². The topological polar surface area (TPSA) is 152 Å². The number of nitrogens with two attached hydrogens (primary N) is 1. The van der Waals surface area contributed by atoms with Crippen molar-refractivity contribution in [1.82, 2.24) is 5.16 Å². The number of benzene rings is 1. The highest BCUT2D eigenvalue weighted by molar-refractivity contribution is 7.15. The molecular formula is C22H23N3O8S. The summed E-state index contributed by atoms with van der Waals surface area (Å²) in [7, 11) is 3.02. The number of amides is 1. The van der Waals surface area contributed by atoms with Crippen LogP contribution in [0.25, 0.3) is 11.1 Å². The second kappa shape index (κ2) is 10.7. The maximum Gasteiger partial charge on any atom is 0.346 e. The summed E-state index contributed by atoms with van der Waals surface area (Å²) in [6.07, 6.45) is 0. The van der Waals surface area contributed by atoms with Crippen molar-refractivity contribution in [3.05, 3.63) is 40.4 Å². The minimum Gasteiger partial charge on any atom is -0.493 e. The van der Waals surface area contributed by atoms with E-state index in [1.165, 1.54) is 21.1 Å². The molecule has 3 aromatic rings. The number of thiophene rings is 1. The Hall–Kier alpha value is -4.06. The number of ether oxygens (including phenoxy) is 4. The number of nitrogen functional groups attached to an aromatic ring is 1. The molecule has 180 valence electrons. The molecule has 0 radical (unpaired) electrons. The van der Waals surface area contributed by atoms with Gasteiger partial charge in [-0.1, -0.05) is 11.2 Å². The summed E-state index contributed by atoms with van der Waals surface area (Å²) in [5.74, 6) is -1.33. The van der Waals surface area contributed by atoms with Gasteiger partial charge in [-0.2, -0.15) is 0 Å². The molecule has 0 spiro atoms. The molecule has 0 aliphatic carbocycles. The molecule has 11 nitrogen and oxygen atoms in total. The molecule has 0 bridgehead atoms. The molecule has 0 saturated carbocycles. The summed E-state index contributed by atoms with van der Waals surface area (Å²) >= 11 is 1.12. The van der Waals surface area contributed by atoms with Gasteiger partial charge in [0.05, 0.1) is 26.5 Å². The lowest BCUT2D eigenvalue weighted by Crippen LogP contribution is -2.22. The van der Waals surface area contributed by atoms with E-state index in [0.717, 1.165) is 11.3 Å². The van der Waals surface area contributed by atoms with Gasteiger partial charge in [0.1, 0.15) is 16.1 Å². The van der Waals surface area contributed by atoms with Crippen LogP contribution in [-0.2, 0) is 14.3 Å². The predicted molar refractivity (Wildman–Crippen MR) is 123 cm³/mol. The number of hydrogen-bond acceptors (Lipinski definition) is 11. The van der Waals surface area contributed by atoms with Gasteiger partial charge >= 0.3 is 11.9 Å². The van der Waals surface area contributed by atoms with Crippen molar-refractivity contribution in [1.29, 1.82) is 0 Å². The number of aryl methyl sites for hydroxylation is 1. The fourth-order valence-corrected chi connectivity index (χ4v) is 4.05. The van der Waals surface area contributed by atoms with Gasteiger partial charge < -0.3 is 34.5 Å². The summed E-state index contributed by atoms with van der Waals surface area (Å²) < 4.78 is 25.5. The zero-order valence-corrected chi connectivity index (χ0v) is 19.7. The third-order valence-corrected chi connectivity index (χ3v) is 5.54. The number of carbonyl (C=O) groups excluding carboxylic acids is 3. The van der Waals surface area contributed by atoms with Crippen LogP contribution in [0.2, 0.25) is 0 Å². The first kappa shape index (κ1) is 24.6. The molecule has 0 aliphatic heterocycles. The van der Waals surface area contributed by atoms with Gasteiger partial charge in [-0.25, -0.2) is 9.59 Å². The second-order valence-corrected chi connectivity index (χ2v) is 7.65. The molecule has 1 aromatic carbocycles. The fraction of sp³-hybridized carbons (Fsp3) is 0.273. The van der Waals surface area contributed by atoms with Crippen molar-refractivity contribution in [2.24, 2.45) is 0 Å². The van der Waals surface area contributed by atoms with Gasteiger partial charge in [0.15, 0.2) is 18.1 Å². The molecule has 2 heterocycles. The minimum atomic E-state index is -0.853. The average molecular weight is 490 g/mol. The predicted octanol–water partition coefficient (Wildman–Crippen LogP) is 3.28. The van der Waals surface area contributed by atoms with Crippen LogP contribution in [0, 0.1) is 6.92 Å². The second-order valence-electron chi connectivity index (χ2n) is 6.78. The quantitative estimate of drug-likeness (QED) is 0.428. The van der Waals surface area contributed by atoms with Crippen molar-refractivity contribution in [3.8, 4) is 22.6 Å². The molecule has 34 heavy (non-hydrogen) atoms. The van der Waals surface area contributed by atoms with Crippen molar-refractivity contribution < 1.29 is 37.9 Å². The van der Waals surface area contributed by atoms with E-state index in [9.17, 15) is 14.4 Å². The molecular weight excluding hydrogens is 466 g/mol. The summed E-state index contributed by atoms with van der Waals surface area (Å²) in [5, 5.41) is 8.11. The van der Waals surface area contributed by atoms with Gasteiger partial charge in [0, 0.05) is 10.9 Å². The number of rotatable bonds is 9. The van der Waals surface area contributed by atoms with Gasteiger partial charge in [-0.3, -0.25) is 4.79 Å². The molecule has 1 amide bonds. The van der Waals surface area contributed by atoms with E-state index < -0.39 is 24.5 Å². The Morgan fingerprint density at radius 3 is 2.41 bits per heavy atom. The Bertz CT molecular complexity index is 1200. The number of aromatic nitrogens is 1. The molecule has 12 heteroatoms. The van der Waals surface area contributed by atoms with Crippen molar-refractivity contribution in [2.75, 3.05) is 38.5 Å². The first-order chi connectivity index (χ1) is 16.3. The normalized spacial score (nSPS) is 10.5. The maximum atomic E-state index is 12.7. The highest BCUT2D eigenvalue weighted by Crippen LogP contribution is 2.39. The molecule has 0 aliphatic rings. The minimum absolute atomic E-state index is 0.0492. The lowest BCUT2D eigenvalue weighted by Gasteiger charge is -2.11. The zero-order valence-electron chi connectivity index (χ0n) is 18.9. The number of hydrogen-bond donors (Lipinski definition) is 2. The molecule has 0 unspecified atom stereocenters. The lowest BCUT2D eigenvalue weighted by molar-refractivity contribution is -0.119. The summed E-state index contributed by atoms with van der Waals surface area (Å²) in [6, 6.07) is 5.17. The first-order valence-electron chi connectivity index (χ1n) is 10.00. The van der Waals surface area contributed by atoms with Gasteiger partial charge in [-0.05, 0) is 31.5 Å². The van der Waals surface area contributed by atoms with Gasteiger partial charge in [0.25, 0.3) is 5.91 Å². The van der Waals surface area contributed by atoms with E-state index in [2.05, 4.69) is 10.5 Å². The van der Waals surface area contributed by atoms with Crippen LogP contribution in [0.15, 0.2) is 28.1 Å². The van der Waals surface area contributed by atoms with E-state index >= 15 is 0 Å². The van der Waals surface area contributed by atoms with Crippen LogP contribution in [-0.4, -0.2) is 50.4 Å². The highest BCUT2D eigenvalue weighted by atomic mass is 32.1. The van der Waals surface area contributed by atoms with Gasteiger partial charge in [-0.15, -0.1) is 11.3 Å². The van der Waals surface area contributed by atoms with Crippen LogP contribution in [0.4, 0.5) is 10.9 Å². The van der Waals surface area contributed by atoms with Crippen LogP contribution in [0.3, 0.4) is 0 Å². The molecule has 0 atom stereocenters. The monoisotopic (exact) mass is 489 g/mol. The lowest BCUT2D eigenvalue weighted by atomic mass is 10.0. The number of nitrogens with one attached hydrogen (secondary N) is 1. The Balaban J connectivity index is 1.83. The molecule has 2 aromatic heterocycles. The number of carbonyl (C=O) groups is 3. The van der Waals surface area contributed by atoms with E-state index in [4.69, 9.17) is 29.2 Å². The van der Waals surface area contributed by atoms with E-state index in [-0.39, 0.29) is 34.3 Å². The van der Waals surface area contributed by atoms with Crippen molar-refractivity contribution in [3.63, 3.8) is 0 Å². The standard InChI is InChI=1S/C22H23N3O8S/c1-5-31-22(28)18-13(12-6-7-14(29-3)15(8-12)30-4)10-34-20(18)24-16(26)9-32-21(27)17-11(2)25-33-19(17)23/h6-8,10H,5,9,23H2,1-4H3,(H,24,26). The molecule has 0 fully saturated rings. The Morgan fingerprint density at radius 1 is 1.09 bits per heavy atom. The zero-order chi connectivity index (χ0) is 24.8. The Labute approximate surface area is 198 Å². The van der Waals surface area contributed by atoms with Crippen LogP contribution in [0.5, 0.6) is 11.5 Å². The van der Waals surface area contributed by atoms with Crippen LogP contribution < -0.4 is 20.5 Å². The Kier molecular flexibility index (Phi) is 7.74. The number of anilines is 2. The van der Waals surface area contributed by atoms with Gasteiger partial charge in [0.2, 0.25) is 5.88 Å². The van der Waals surface area contributed by atoms with Crippen LogP contribution >= 0.6 is 11.3 Å². The SMILES string of the molecule is CCOC(=O)c1c(-c2ccc(OC)c(OC)c2)csc1NC(=O)COC(=O)c1c(C)noc1N. The third kappa shape index (κ3) is 5.12. The van der Waals surface area contributed by atoms with E-state index in [1.54, 1.807) is 30.5 Å². The molecule has 3 N–H and O–H groups in total. The van der Waals surface area contributed by atoms with Crippen molar-refractivity contribution in [2.45, 2.75) is 13.8 Å². The fourth-order valence-electron chi connectivity index (χ4n) is 3.07. The highest BCUT2D eigenvalue weighted by Gasteiger charge is 2.25. The van der Waals surface area contributed by atoms with Crippen LogP contribution in [0.1, 0.15) is 33.3 Å². The van der Waals surface area contributed by atoms with E-state index in [0.29, 0.717) is 22.6 Å². The number of methoxy groups -OCH3 is 2. The molecule has 3 rings (SSSR count). The summed E-state index contributed by atoms with van der Waals surface area (Å²) in [6.45, 7) is 2.72. The third-order valence-electron chi connectivity index (χ3n) is 4.65. The first-order valence-corrected chi connectivity index (χ1v) is 10.9. The molecule has 0 saturated heterocycles. The number of esters is 2. The largest absolute Gasteiger partial charge is 0.493 e. The summed E-state index contributed by atoms with van der Waals surface area (Å²) in [5.41, 5.74) is 7.10. The van der Waals surface area contributed by atoms with E-state index in [1.807, 2.05) is 0 Å². The number of nitrogens with zero attached hydrogens (tertiary/aromatic N) is 1. The smallest absolute Gasteiger partial charge is 0.346 e. The average Bonchev–Trinajstić information content (AvgIpc) is 3.39. The summed E-state index contributed by atoms with van der Waals surface area (Å²) in [4.78, 5) is 37.4. The maximum absolute atomic E-state index is 12.7.